The fourth-order valence-corrected chi connectivity index (χ4v) is 4.66. The third-order valence-electron chi connectivity index (χ3n) is 4.76. The highest BCUT2D eigenvalue weighted by Crippen LogP contribution is 2.25. The number of sulfonamides is 1. The van der Waals surface area contributed by atoms with Crippen molar-refractivity contribution in [1.29, 1.82) is 0 Å². The normalized spacial score (nSPS) is 14.6. The summed E-state index contributed by atoms with van der Waals surface area (Å²) < 4.78 is 32.0. The second kappa shape index (κ2) is 9.43. The van der Waals surface area contributed by atoms with Gasteiger partial charge in [-0.3, -0.25) is 4.79 Å². The van der Waals surface area contributed by atoms with Crippen LogP contribution in [-0.2, 0) is 27.8 Å². The van der Waals surface area contributed by atoms with E-state index in [-0.39, 0.29) is 18.2 Å². The van der Waals surface area contributed by atoms with Crippen LogP contribution in [0.25, 0.3) is 6.08 Å². The van der Waals surface area contributed by atoms with E-state index in [1.165, 1.54) is 10.4 Å². The molecule has 0 aliphatic carbocycles. The van der Waals surface area contributed by atoms with Gasteiger partial charge in [-0.1, -0.05) is 35.9 Å². The third kappa shape index (κ3) is 5.59. The number of nitrogens with zero attached hydrogens (tertiary/aromatic N) is 1. The molecule has 3 rings (SSSR count). The summed E-state index contributed by atoms with van der Waals surface area (Å²) in [6.07, 6.45) is 3.58. The first-order valence-electron chi connectivity index (χ1n) is 9.23. The minimum Gasteiger partial charge on any atom is -0.497 e. The molecular formula is C21H23ClN2O4S. The highest BCUT2D eigenvalue weighted by molar-refractivity contribution is 7.89. The van der Waals surface area contributed by atoms with Crippen molar-refractivity contribution < 1.29 is 17.9 Å². The lowest BCUT2D eigenvalue weighted by atomic mass is 10.0. The average Bonchev–Trinajstić information content (AvgIpc) is 2.72. The van der Waals surface area contributed by atoms with Crippen LogP contribution in [0, 0.1) is 0 Å². The van der Waals surface area contributed by atoms with E-state index >= 15 is 0 Å². The molecular weight excluding hydrogens is 412 g/mol. The van der Waals surface area contributed by atoms with Crippen molar-refractivity contribution in [3.63, 3.8) is 0 Å². The van der Waals surface area contributed by atoms with Gasteiger partial charge < -0.3 is 10.1 Å². The van der Waals surface area contributed by atoms with E-state index in [2.05, 4.69) is 5.32 Å². The SMILES string of the molecule is COc1ccc2c(c1)CCN(S(=O)(=O)CCNC(=O)/C=C/c1ccccc1Cl)C2. The van der Waals surface area contributed by atoms with Gasteiger partial charge in [-0.25, -0.2) is 8.42 Å². The lowest BCUT2D eigenvalue weighted by Crippen LogP contribution is -2.40. The Bertz CT molecular complexity index is 1020. The summed E-state index contributed by atoms with van der Waals surface area (Å²) in [5.74, 6) is 0.258. The molecule has 0 saturated carbocycles. The zero-order valence-corrected chi connectivity index (χ0v) is 17.7. The van der Waals surface area contributed by atoms with Crippen LogP contribution >= 0.6 is 11.6 Å². The molecule has 0 aromatic heterocycles. The summed E-state index contributed by atoms with van der Waals surface area (Å²) in [5, 5.41) is 3.15. The Labute approximate surface area is 176 Å². The van der Waals surface area contributed by atoms with E-state index in [1.54, 1.807) is 31.4 Å². The maximum Gasteiger partial charge on any atom is 0.244 e. The Hall–Kier alpha value is -2.35. The van der Waals surface area contributed by atoms with Crippen LogP contribution in [0.3, 0.4) is 0 Å². The number of rotatable bonds is 7. The minimum atomic E-state index is -3.47. The molecule has 1 amide bonds. The largest absolute Gasteiger partial charge is 0.497 e. The maximum absolute atomic E-state index is 12.6. The highest BCUT2D eigenvalue weighted by atomic mass is 35.5. The van der Waals surface area contributed by atoms with Crippen molar-refractivity contribution in [3.8, 4) is 5.75 Å². The number of carbonyl (C=O) groups is 1. The summed E-state index contributed by atoms with van der Waals surface area (Å²) in [6.45, 7) is 0.796. The van der Waals surface area contributed by atoms with Crippen molar-refractivity contribution in [3.05, 3.63) is 70.3 Å². The van der Waals surface area contributed by atoms with Gasteiger partial charge in [0.2, 0.25) is 15.9 Å². The lowest BCUT2D eigenvalue weighted by molar-refractivity contribution is -0.116. The number of ether oxygens (including phenoxy) is 1. The van der Waals surface area contributed by atoms with E-state index in [4.69, 9.17) is 16.3 Å². The number of amides is 1. The number of fused-ring (bicyclic) bond motifs is 1. The number of carbonyl (C=O) groups excluding carboxylic acids is 1. The van der Waals surface area contributed by atoms with Crippen LogP contribution in [-0.4, -0.2) is 44.6 Å². The van der Waals surface area contributed by atoms with Gasteiger partial charge in [0, 0.05) is 30.7 Å². The Morgan fingerprint density at radius 1 is 1.24 bits per heavy atom. The molecule has 0 atom stereocenters. The van der Waals surface area contributed by atoms with Crippen molar-refractivity contribution in [2.75, 3.05) is 26.0 Å². The minimum absolute atomic E-state index is 0.0417. The first-order valence-corrected chi connectivity index (χ1v) is 11.2. The summed E-state index contributed by atoms with van der Waals surface area (Å²) in [5.41, 5.74) is 2.81. The van der Waals surface area contributed by atoms with Gasteiger partial charge in [-0.15, -0.1) is 0 Å². The molecule has 1 aliphatic rings. The van der Waals surface area contributed by atoms with Gasteiger partial charge in [0.05, 0.1) is 12.9 Å². The summed E-state index contributed by atoms with van der Waals surface area (Å²) in [7, 11) is -1.86. The van der Waals surface area contributed by atoms with Gasteiger partial charge in [-0.2, -0.15) is 4.31 Å². The van der Waals surface area contributed by atoms with Crippen LogP contribution < -0.4 is 10.1 Å². The van der Waals surface area contributed by atoms with Crippen LogP contribution in [0.2, 0.25) is 5.02 Å². The van der Waals surface area contributed by atoms with E-state index < -0.39 is 10.0 Å². The number of hydrogen-bond donors (Lipinski definition) is 1. The molecule has 2 aromatic carbocycles. The third-order valence-corrected chi connectivity index (χ3v) is 6.93. The summed E-state index contributed by atoms with van der Waals surface area (Å²) in [6, 6.07) is 12.8. The predicted octanol–water partition coefficient (Wildman–Crippen LogP) is 2.87. The lowest BCUT2D eigenvalue weighted by Gasteiger charge is -2.28. The molecule has 0 radical (unpaired) electrons. The van der Waals surface area contributed by atoms with Gasteiger partial charge >= 0.3 is 0 Å². The molecule has 2 aromatic rings. The smallest absolute Gasteiger partial charge is 0.244 e. The zero-order chi connectivity index (χ0) is 20.9. The monoisotopic (exact) mass is 434 g/mol. The molecule has 0 fully saturated rings. The average molecular weight is 435 g/mol. The molecule has 29 heavy (non-hydrogen) atoms. The molecule has 0 unspecified atom stereocenters. The van der Waals surface area contributed by atoms with E-state index in [0.717, 1.165) is 22.4 Å². The molecule has 0 bridgehead atoms. The second-order valence-corrected chi connectivity index (χ2v) is 9.18. The molecule has 154 valence electrons. The molecule has 1 heterocycles. The van der Waals surface area contributed by atoms with E-state index in [9.17, 15) is 13.2 Å². The van der Waals surface area contributed by atoms with Gasteiger partial charge in [-0.05, 0) is 47.4 Å². The predicted molar refractivity (Wildman–Crippen MR) is 114 cm³/mol. The van der Waals surface area contributed by atoms with Crippen molar-refractivity contribution in [2.45, 2.75) is 13.0 Å². The number of halogens is 1. The van der Waals surface area contributed by atoms with Crippen molar-refractivity contribution in [1.82, 2.24) is 9.62 Å². The van der Waals surface area contributed by atoms with Gasteiger partial charge in [0.1, 0.15) is 5.75 Å². The molecule has 0 saturated heterocycles. The quantitative estimate of drug-likeness (QED) is 0.680. The van der Waals surface area contributed by atoms with Crippen LogP contribution in [0.4, 0.5) is 0 Å². The molecule has 8 heteroatoms. The van der Waals surface area contributed by atoms with Gasteiger partial charge in [0.15, 0.2) is 0 Å². The Morgan fingerprint density at radius 2 is 2.03 bits per heavy atom. The highest BCUT2D eigenvalue weighted by Gasteiger charge is 2.26. The summed E-state index contributed by atoms with van der Waals surface area (Å²) >= 11 is 6.04. The Balaban J connectivity index is 1.52. The first-order chi connectivity index (χ1) is 13.9. The Kier molecular flexibility index (Phi) is 6.95. The van der Waals surface area contributed by atoms with E-state index in [0.29, 0.717) is 24.5 Å². The number of nitrogens with one attached hydrogen (secondary N) is 1. The second-order valence-electron chi connectivity index (χ2n) is 6.68. The van der Waals surface area contributed by atoms with Crippen LogP contribution in [0.5, 0.6) is 5.75 Å². The number of hydrogen-bond acceptors (Lipinski definition) is 4. The number of methoxy groups -OCH3 is 1. The fourth-order valence-electron chi connectivity index (χ4n) is 3.13. The van der Waals surface area contributed by atoms with E-state index in [1.807, 2.05) is 24.3 Å². The van der Waals surface area contributed by atoms with Crippen LogP contribution in [0.1, 0.15) is 16.7 Å². The fraction of sp³-hybridized carbons (Fsp3) is 0.286. The first kappa shape index (κ1) is 21.4. The van der Waals surface area contributed by atoms with Crippen LogP contribution in [0.15, 0.2) is 48.5 Å². The van der Waals surface area contributed by atoms with Gasteiger partial charge in [0.25, 0.3) is 0 Å². The topological polar surface area (TPSA) is 75.7 Å². The molecule has 1 aliphatic heterocycles. The number of benzene rings is 2. The van der Waals surface area contributed by atoms with Crippen molar-refractivity contribution >= 4 is 33.6 Å². The zero-order valence-electron chi connectivity index (χ0n) is 16.1. The Morgan fingerprint density at radius 3 is 2.79 bits per heavy atom. The summed E-state index contributed by atoms with van der Waals surface area (Å²) in [4.78, 5) is 12.0. The standard InChI is InChI=1S/C21H23ClN2O4S/c1-28-19-8-6-18-15-24(12-10-17(18)14-19)29(26,27)13-11-23-21(25)9-7-16-4-2-3-5-20(16)22/h2-9,14H,10-13,15H2,1H3,(H,23,25)/b9-7+. The molecule has 0 spiro atoms. The maximum atomic E-state index is 12.6. The van der Waals surface area contributed by atoms with Crippen molar-refractivity contribution in [2.24, 2.45) is 0 Å². The molecule has 6 nitrogen and oxygen atoms in total. The molecule has 1 N–H and O–H groups in total.